The molecule has 0 saturated carbocycles. The van der Waals surface area contributed by atoms with Crippen LogP contribution in [0.5, 0.6) is 0 Å². The molecule has 2 aromatic rings. The molecule has 1 aromatic carbocycles. The fourth-order valence-corrected chi connectivity index (χ4v) is 1.66. The Morgan fingerprint density at radius 3 is 2.85 bits per heavy atom. The number of rotatable bonds is 0. The van der Waals surface area contributed by atoms with Gasteiger partial charge in [0, 0.05) is 16.1 Å². The molecule has 2 rings (SSSR count). The third-order valence-corrected chi connectivity index (χ3v) is 2.47. The van der Waals surface area contributed by atoms with Gasteiger partial charge in [-0.3, -0.25) is 4.79 Å². The van der Waals surface area contributed by atoms with Crippen molar-refractivity contribution < 1.29 is 4.39 Å². The zero-order valence-electron chi connectivity index (χ0n) is 6.47. The SMILES string of the molecule is O=c1[nH]cc(Br)c2ccc(F)cc12. The molecule has 4 heteroatoms. The van der Waals surface area contributed by atoms with Crippen molar-refractivity contribution in [2.24, 2.45) is 0 Å². The number of hydrogen-bond acceptors (Lipinski definition) is 1. The third-order valence-electron chi connectivity index (χ3n) is 1.81. The average Bonchev–Trinajstić information content (AvgIpc) is 2.12. The molecule has 13 heavy (non-hydrogen) atoms. The van der Waals surface area contributed by atoms with Crippen LogP contribution in [0.25, 0.3) is 10.8 Å². The number of aromatic amines is 1. The smallest absolute Gasteiger partial charge is 0.255 e. The lowest BCUT2D eigenvalue weighted by molar-refractivity contribution is 0.629. The summed E-state index contributed by atoms with van der Waals surface area (Å²) in [5, 5.41) is 1.07. The van der Waals surface area contributed by atoms with Crippen molar-refractivity contribution in [2.75, 3.05) is 0 Å². The summed E-state index contributed by atoms with van der Waals surface area (Å²) in [5.41, 5.74) is -0.280. The number of benzene rings is 1. The Balaban J connectivity index is 3.01. The van der Waals surface area contributed by atoms with E-state index in [0.717, 1.165) is 4.47 Å². The molecule has 0 aliphatic rings. The highest BCUT2D eigenvalue weighted by Gasteiger charge is 2.02. The zero-order valence-corrected chi connectivity index (χ0v) is 8.06. The number of H-pyrrole nitrogens is 1. The van der Waals surface area contributed by atoms with E-state index in [4.69, 9.17) is 0 Å². The van der Waals surface area contributed by atoms with Gasteiger partial charge in [-0.25, -0.2) is 4.39 Å². The summed E-state index contributed by atoms with van der Waals surface area (Å²) in [7, 11) is 0. The first kappa shape index (κ1) is 8.44. The van der Waals surface area contributed by atoms with E-state index in [1.807, 2.05) is 0 Å². The number of aromatic nitrogens is 1. The summed E-state index contributed by atoms with van der Waals surface area (Å²) < 4.78 is 13.5. The van der Waals surface area contributed by atoms with Crippen LogP contribution in [0.2, 0.25) is 0 Å². The van der Waals surface area contributed by atoms with Gasteiger partial charge in [0.1, 0.15) is 5.82 Å². The molecule has 2 nitrogen and oxygen atoms in total. The van der Waals surface area contributed by atoms with Gasteiger partial charge in [0.15, 0.2) is 0 Å². The van der Waals surface area contributed by atoms with Crippen molar-refractivity contribution in [3.63, 3.8) is 0 Å². The van der Waals surface area contributed by atoms with Crippen molar-refractivity contribution >= 4 is 26.7 Å². The average molecular weight is 242 g/mol. The quantitative estimate of drug-likeness (QED) is 0.756. The van der Waals surface area contributed by atoms with Crippen LogP contribution in [-0.2, 0) is 0 Å². The van der Waals surface area contributed by atoms with Crippen molar-refractivity contribution in [2.45, 2.75) is 0 Å². The van der Waals surface area contributed by atoms with Crippen LogP contribution < -0.4 is 5.56 Å². The van der Waals surface area contributed by atoms with E-state index in [1.165, 1.54) is 12.1 Å². The lowest BCUT2D eigenvalue weighted by Crippen LogP contribution is -2.05. The first-order valence-corrected chi connectivity index (χ1v) is 4.44. The number of halogens is 2. The Bertz CT molecular complexity index is 520. The highest BCUT2D eigenvalue weighted by Crippen LogP contribution is 2.20. The van der Waals surface area contributed by atoms with E-state index in [2.05, 4.69) is 20.9 Å². The summed E-state index contributed by atoms with van der Waals surface area (Å²) in [6.07, 6.45) is 1.54. The highest BCUT2D eigenvalue weighted by atomic mass is 79.9. The monoisotopic (exact) mass is 241 g/mol. The van der Waals surface area contributed by atoms with Crippen LogP contribution >= 0.6 is 15.9 Å². The van der Waals surface area contributed by atoms with E-state index >= 15 is 0 Å². The van der Waals surface area contributed by atoms with Gasteiger partial charge < -0.3 is 4.98 Å². The second-order valence-electron chi connectivity index (χ2n) is 2.66. The summed E-state index contributed by atoms with van der Waals surface area (Å²) in [6.45, 7) is 0. The Hall–Kier alpha value is -1.16. The van der Waals surface area contributed by atoms with E-state index in [9.17, 15) is 9.18 Å². The Labute approximate surface area is 81.5 Å². The lowest BCUT2D eigenvalue weighted by atomic mass is 10.2. The fourth-order valence-electron chi connectivity index (χ4n) is 1.20. The van der Waals surface area contributed by atoms with Gasteiger partial charge in [-0.15, -0.1) is 0 Å². The molecular weight excluding hydrogens is 237 g/mol. The third kappa shape index (κ3) is 1.37. The molecule has 66 valence electrons. The van der Waals surface area contributed by atoms with Crippen molar-refractivity contribution in [3.05, 3.63) is 45.0 Å². The molecule has 0 aliphatic carbocycles. The topological polar surface area (TPSA) is 32.9 Å². The van der Waals surface area contributed by atoms with Crippen LogP contribution in [0.3, 0.4) is 0 Å². The predicted octanol–water partition coefficient (Wildman–Crippen LogP) is 2.43. The predicted molar refractivity (Wildman–Crippen MR) is 52.2 cm³/mol. The number of pyridine rings is 1. The minimum Gasteiger partial charge on any atom is -0.327 e. The van der Waals surface area contributed by atoms with Crippen LogP contribution in [-0.4, -0.2) is 4.98 Å². The van der Waals surface area contributed by atoms with Crippen molar-refractivity contribution in [1.29, 1.82) is 0 Å². The van der Waals surface area contributed by atoms with E-state index < -0.39 is 5.82 Å². The van der Waals surface area contributed by atoms with Gasteiger partial charge in [0.2, 0.25) is 0 Å². The van der Waals surface area contributed by atoms with E-state index in [0.29, 0.717) is 10.8 Å². The first-order valence-electron chi connectivity index (χ1n) is 3.65. The molecule has 0 atom stereocenters. The molecule has 0 aliphatic heterocycles. The summed E-state index contributed by atoms with van der Waals surface area (Å²) in [4.78, 5) is 13.7. The Morgan fingerprint density at radius 2 is 2.08 bits per heavy atom. The fraction of sp³-hybridized carbons (Fsp3) is 0. The summed E-state index contributed by atoms with van der Waals surface area (Å²) in [6, 6.07) is 4.12. The molecular formula is C9H5BrFNO. The molecule has 1 N–H and O–H groups in total. The normalized spacial score (nSPS) is 10.6. The Kier molecular flexibility index (Phi) is 1.92. The molecule has 0 bridgehead atoms. The maximum absolute atomic E-state index is 12.8. The van der Waals surface area contributed by atoms with Crippen molar-refractivity contribution in [1.82, 2.24) is 4.98 Å². The Morgan fingerprint density at radius 1 is 1.31 bits per heavy atom. The minimum atomic E-state index is -0.406. The van der Waals surface area contributed by atoms with Crippen LogP contribution in [0.1, 0.15) is 0 Å². The van der Waals surface area contributed by atoms with Gasteiger partial charge in [-0.05, 0) is 28.1 Å². The van der Waals surface area contributed by atoms with Crippen LogP contribution in [0.15, 0.2) is 33.7 Å². The largest absolute Gasteiger partial charge is 0.327 e. The van der Waals surface area contributed by atoms with Gasteiger partial charge >= 0.3 is 0 Å². The maximum Gasteiger partial charge on any atom is 0.255 e. The van der Waals surface area contributed by atoms with Crippen LogP contribution in [0, 0.1) is 5.82 Å². The molecule has 0 amide bonds. The van der Waals surface area contributed by atoms with Gasteiger partial charge in [-0.1, -0.05) is 6.07 Å². The molecule has 0 radical (unpaired) electrons. The standard InChI is InChI=1S/C9H5BrFNO/c10-8-4-12-9(13)7-3-5(11)1-2-6(7)8/h1-4H,(H,12,13). The number of hydrogen-bond donors (Lipinski definition) is 1. The molecule has 0 saturated heterocycles. The number of nitrogens with one attached hydrogen (secondary N) is 1. The lowest BCUT2D eigenvalue weighted by Gasteiger charge is -1.98. The van der Waals surface area contributed by atoms with Gasteiger partial charge in [0.25, 0.3) is 5.56 Å². The summed E-state index contributed by atoms with van der Waals surface area (Å²) in [5.74, 6) is -0.406. The minimum absolute atomic E-state index is 0.280. The molecule has 1 aromatic heterocycles. The summed E-state index contributed by atoms with van der Waals surface area (Å²) >= 11 is 3.26. The van der Waals surface area contributed by atoms with Crippen molar-refractivity contribution in [3.8, 4) is 0 Å². The second-order valence-corrected chi connectivity index (χ2v) is 3.51. The van der Waals surface area contributed by atoms with Gasteiger partial charge in [0.05, 0.1) is 5.39 Å². The molecule has 0 unspecified atom stereocenters. The van der Waals surface area contributed by atoms with E-state index in [1.54, 1.807) is 12.3 Å². The maximum atomic E-state index is 12.8. The first-order chi connectivity index (χ1) is 6.18. The number of fused-ring (bicyclic) bond motifs is 1. The van der Waals surface area contributed by atoms with Gasteiger partial charge in [-0.2, -0.15) is 0 Å². The van der Waals surface area contributed by atoms with E-state index in [-0.39, 0.29) is 5.56 Å². The van der Waals surface area contributed by atoms with Crippen LogP contribution in [0.4, 0.5) is 4.39 Å². The highest BCUT2D eigenvalue weighted by molar-refractivity contribution is 9.10. The molecule has 0 spiro atoms. The molecule has 1 heterocycles. The second kappa shape index (κ2) is 2.96. The zero-order chi connectivity index (χ0) is 9.42. The molecule has 0 fully saturated rings.